The SMILES string of the molecule is c1ccc(-c2ccc(-n3c4ccccc4c4ccc5c6ccccc6n(-c6ccc7c(c6)C6(c8ccccc8-c8ccccc86)c6ccccc6-7)c5c43)cc2)cc1. The summed E-state index contributed by atoms with van der Waals surface area (Å²) in [5, 5.41) is 5.00. The first kappa shape index (κ1) is 30.9. The van der Waals surface area contributed by atoms with Crippen molar-refractivity contribution in [2.45, 2.75) is 5.41 Å². The van der Waals surface area contributed by atoms with Crippen LogP contribution in [-0.4, -0.2) is 9.13 Å². The van der Waals surface area contributed by atoms with Crippen LogP contribution in [0.3, 0.4) is 0 Å². The third-order valence-corrected chi connectivity index (χ3v) is 12.9. The number of rotatable bonds is 3. The maximum absolute atomic E-state index is 2.55. The van der Waals surface area contributed by atoms with E-state index < -0.39 is 5.41 Å². The molecular weight excluding hydrogens is 689 g/mol. The molecule has 2 aliphatic rings. The number of fused-ring (bicyclic) bond motifs is 17. The molecule has 0 fully saturated rings. The van der Waals surface area contributed by atoms with Crippen LogP contribution in [0.2, 0.25) is 0 Å². The number of para-hydroxylation sites is 2. The second kappa shape index (κ2) is 11.3. The summed E-state index contributed by atoms with van der Waals surface area (Å²) in [6.45, 7) is 0. The topological polar surface area (TPSA) is 9.86 Å². The molecule has 2 heteroatoms. The van der Waals surface area contributed by atoms with Crippen LogP contribution in [0.15, 0.2) is 206 Å². The average Bonchev–Trinajstić information content (AvgIpc) is 3.99. The number of benzene rings is 9. The Morgan fingerprint density at radius 2 is 0.702 bits per heavy atom. The Morgan fingerprint density at radius 1 is 0.281 bits per heavy atom. The van der Waals surface area contributed by atoms with Gasteiger partial charge in [0.25, 0.3) is 0 Å². The lowest BCUT2D eigenvalue weighted by atomic mass is 9.70. The molecule has 264 valence electrons. The second-order valence-electron chi connectivity index (χ2n) is 15.6. The molecule has 0 N–H and O–H groups in total. The lowest BCUT2D eigenvalue weighted by Crippen LogP contribution is -2.26. The van der Waals surface area contributed by atoms with E-state index in [9.17, 15) is 0 Å². The molecule has 13 rings (SSSR count). The standard InChI is InChI=1S/C55H34N2/c1-2-14-35(15-3-1)36-26-28-37(29-27-36)56-51-24-12-7-19-43(51)45-32-33-46-44-20-8-13-25-52(44)57(54(46)53(45)56)38-30-31-42-41-18-6-11-23-49(41)55(50(42)34-38)47-21-9-4-16-39(47)40-17-5-10-22-48(40)55/h1-34H. The van der Waals surface area contributed by atoms with Gasteiger partial charge in [0.05, 0.1) is 27.5 Å². The van der Waals surface area contributed by atoms with Crippen molar-refractivity contribution in [2.75, 3.05) is 0 Å². The summed E-state index contributed by atoms with van der Waals surface area (Å²) in [6.07, 6.45) is 0. The van der Waals surface area contributed by atoms with Gasteiger partial charge in [-0.25, -0.2) is 0 Å². The van der Waals surface area contributed by atoms with Crippen LogP contribution in [0.5, 0.6) is 0 Å². The van der Waals surface area contributed by atoms with Crippen molar-refractivity contribution in [1.82, 2.24) is 9.13 Å². The first-order valence-electron chi connectivity index (χ1n) is 19.9. The molecule has 0 unspecified atom stereocenters. The number of aromatic nitrogens is 2. The number of hydrogen-bond acceptors (Lipinski definition) is 0. The first-order valence-corrected chi connectivity index (χ1v) is 19.9. The van der Waals surface area contributed by atoms with Gasteiger partial charge in [-0.15, -0.1) is 0 Å². The summed E-state index contributed by atoms with van der Waals surface area (Å²) in [5.74, 6) is 0. The second-order valence-corrected chi connectivity index (χ2v) is 15.6. The normalized spacial score (nSPS) is 13.4. The zero-order valence-electron chi connectivity index (χ0n) is 31.0. The highest BCUT2D eigenvalue weighted by molar-refractivity contribution is 6.24. The summed E-state index contributed by atoms with van der Waals surface area (Å²) in [7, 11) is 0. The van der Waals surface area contributed by atoms with E-state index in [1.807, 2.05) is 0 Å². The van der Waals surface area contributed by atoms with E-state index in [2.05, 4.69) is 215 Å². The van der Waals surface area contributed by atoms with Crippen LogP contribution in [0.4, 0.5) is 0 Å². The van der Waals surface area contributed by atoms with Gasteiger partial charge in [-0.1, -0.05) is 170 Å². The van der Waals surface area contributed by atoms with Gasteiger partial charge in [-0.3, -0.25) is 0 Å². The molecule has 0 bridgehead atoms. The molecule has 9 aromatic carbocycles. The van der Waals surface area contributed by atoms with Crippen molar-refractivity contribution in [3.63, 3.8) is 0 Å². The molecule has 0 amide bonds. The molecule has 57 heavy (non-hydrogen) atoms. The van der Waals surface area contributed by atoms with E-state index in [4.69, 9.17) is 0 Å². The summed E-state index contributed by atoms with van der Waals surface area (Å²) in [5.41, 5.74) is 19.8. The average molecular weight is 723 g/mol. The zero-order valence-corrected chi connectivity index (χ0v) is 31.0. The predicted molar refractivity (Wildman–Crippen MR) is 237 cm³/mol. The van der Waals surface area contributed by atoms with Gasteiger partial charge in [0.15, 0.2) is 0 Å². The van der Waals surface area contributed by atoms with Crippen molar-refractivity contribution < 1.29 is 0 Å². The van der Waals surface area contributed by atoms with E-state index in [0.29, 0.717) is 0 Å². The van der Waals surface area contributed by atoms with Crippen LogP contribution in [0, 0.1) is 0 Å². The van der Waals surface area contributed by atoms with Gasteiger partial charge >= 0.3 is 0 Å². The van der Waals surface area contributed by atoms with Crippen LogP contribution in [0.25, 0.3) is 88.4 Å². The van der Waals surface area contributed by atoms with Gasteiger partial charge in [0.1, 0.15) is 0 Å². The molecule has 0 atom stereocenters. The van der Waals surface area contributed by atoms with Gasteiger partial charge in [-0.05, 0) is 92.0 Å². The molecular formula is C55H34N2. The molecule has 0 saturated heterocycles. The highest BCUT2D eigenvalue weighted by Gasteiger charge is 2.51. The molecule has 11 aromatic rings. The Kier molecular flexibility index (Phi) is 6.13. The molecule has 0 aliphatic heterocycles. The number of nitrogens with zero attached hydrogens (tertiary/aromatic N) is 2. The molecule has 2 aliphatic carbocycles. The highest BCUT2D eigenvalue weighted by Crippen LogP contribution is 2.63. The van der Waals surface area contributed by atoms with Crippen LogP contribution in [-0.2, 0) is 5.41 Å². The summed E-state index contributed by atoms with van der Waals surface area (Å²) in [6, 6.07) is 76.7. The fourth-order valence-corrected chi connectivity index (χ4v) is 10.7. The molecule has 0 saturated carbocycles. The van der Waals surface area contributed by atoms with Crippen LogP contribution >= 0.6 is 0 Å². The van der Waals surface area contributed by atoms with Gasteiger partial charge in [0.2, 0.25) is 0 Å². The van der Waals surface area contributed by atoms with E-state index >= 15 is 0 Å². The minimum atomic E-state index is -0.418. The molecule has 0 radical (unpaired) electrons. The lowest BCUT2D eigenvalue weighted by Gasteiger charge is -2.30. The minimum absolute atomic E-state index is 0.418. The van der Waals surface area contributed by atoms with E-state index in [1.54, 1.807) is 0 Å². The van der Waals surface area contributed by atoms with Crippen molar-refractivity contribution in [3.8, 4) is 44.8 Å². The third-order valence-electron chi connectivity index (χ3n) is 12.9. The van der Waals surface area contributed by atoms with Crippen molar-refractivity contribution in [3.05, 3.63) is 229 Å². The maximum Gasteiger partial charge on any atom is 0.0788 e. The molecule has 2 aromatic heterocycles. The Labute approximate surface area is 330 Å². The highest BCUT2D eigenvalue weighted by atomic mass is 15.0. The predicted octanol–water partition coefficient (Wildman–Crippen LogP) is 13.9. The van der Waals surface area contributed by atoms with Crippen molar-refractivity contribution in [1.29, 1.82) is 0 Å². The zero-order chi connectivity index (χ0) is 37.2. The summed E-state index contributed by atoms with van der Waals surface area (Å²) < 4.78 is 5.04. The van der Waals surface area contributed by atoms with Crippen LogP contribution in [0.1, 0.15) is 22.3 Å². The van der Waals surface area contributed by atoms with Gasteiger partial charge < -0.3 is 9.13 Å². The first-order chi connectivity index (χ1) is 28.3. The Bertz CT molecular complexity index is 3390. The monoisotopic (exact) mass is 722 g/mol. The summed E-state index contributed by atoms with van der Waals surface area (Å²) in [4.78, 5) is 0. The quantitative estimate of drug-likeness (QED) is 0.172. The van der Waals surface area contributed by atoms with Crippen molar-refractivity contribution >= 4 is 43.6 Å². The molecule has 2 heterocycles. The van der Waals surface area contributed by atoms with Crippen LogP contribution < -0.4 is 0 Å². The fraction of sp³-hybridized carbons (Fsp3) is 0.0182. The number of hydrogen-bond donors (Lipinski definition) is 0. The van der Waals surface area contributed by atoms with E-state index in [-0.39, 0.29) is 0 Å². The smallest absolute Gasteiger partial charge is 0.0788 e. The Balaban J connectivity index is 1.14. The lowest BCUT2D eigenvalue weighted by molar-refractivity contribution is 0.792. The third kappa shape index (κ3) is 3.94. The Morgan fingerprint density at radius 3 is 1.26 bits per heavy atom. The summed E-state index contributed by atoms with van der Waals surface area (Å²) >= 11 is 0. The minimum Gasteiger partial charge on any atom is -0.307 e. The van der Waals surface area contributed by atoms with Crippen molar-refractivity contribution in [2.24, 2.45) is 0 Å². The van der Waals surface area contributed by atoms with E-state index in [0.717, 1.165) is 11.4 Å². The maximum atomic E-state index is 2.55. The molecule has 1 spiro atoms. The van der Waals surface area contributed by atoms with E-state index in [1.165, 1.54) is 99.2 Å². The largest absolute Gasteiger partial charge is 0.307 e. The molecule has 2 nitrogen and oxygen atoms in total. The van der Waals surface area contributed by atoms with Gasteiger partial charge in [0, 0.05) is 32.9 Å². The fourth-order valence-electron chi connectivity index (χ4n) is 10.7. The Hall–Kier alpha value is -7.42. The van der Waals surface area contributed by atoms with Gasteiger partial charge in [-0.2, -0.15) is 0 Å².